The van der Waals surface area contributed by atoms with Crippen LogP contribution < -0.4 is 5.73 Å². The summed E-state index contributed by atoms with van der Waals surface area (Å²) in [5.74, 6) is 0.0977. The van der Waals surface area contributed by atoms with Gasteiger partial charge in [0.15, 0.2) is 0 Å². The Morgan fingerprint density at radius 3 is 2.71 bits per heavy atom. The second-order valence-corrected chi connectivity index (χ2v) is 7.91. The summed E-state index contributed by atoms with van der Waals surface area (Å²) in [5.41, 5.74) is 5.94. The summed E-state index contributed by atoms with van der Waals surface area (Å²) in [6.07, 6.45) is 1.02. The van der Waals surface area contributed by atoms with E-state index in [1.54, 1.807) is 11.3 Å². The summed E-state index contributed by atoms with van der Waals surface area (Å²) in [5, 5.41) is 2.12. The van der Waals surface area contributed by atoms with Crippen molar-refractivity contribution in [3.8, 4) is 0 Å². The predicted molar refractivity (Wildman–Crippen MR) is 88.2 cm³/mol. The Hall–Kier alpha value is -0.910. The molecule has 1 aromatic rings. The molecule has 2 N–H and O–H groups in total. The molecule has 1 amide bonds. The van der Waals surface area contributed by atoms with Gasteiger partial charge in [0.25, 0.3) is 0 Å². The number of hydrogen-bond donors (Lipinski definition) is 1. The van der Waals surface area contributed by atoms with Crippen LogP contribution in [0.15, 0.2) is 17.5 Å². The topological polar surface area (TPSA) is 49.6 Å². The zero-order valence-corrected chi connectivity index (χ0v) is 14.2. The molecule has 1 aliphatic heterocycles. The molecule has 1 aliphatic rings. The second kappa shape index (κ2) is 6.90. The first-order chi connectivity index (χ1) is 9.88. The summed E-state index contributed by atoms with van der Waals surface area (Å²) in [7, 11) is 0. The molecule has 0 aliphatic carbocycles. The number of carbonyl (C=O) groups excluding carboxylic acids is 1. The van der Waals surface area contributed by atoms with Crippen LogP contribution >= 0.6 is 11.3 Å². The van der Waals surface area contributed by atoms with Crippen molar-refractivity contribution in [2.24, 2.45) is 11.1 Å². The highest BCUT2D eigenvalue weighted by molar-refractivity contribution is 7.09. The number of amides is 1. The molecular weight excluding hydrogens is 282 g/mol. The van der Waals surface area contributed by atoms with E-state index in [1.165, 1.54) is 4.88 Å². The van der Waals surface area contributed by atoms with Gasteiger partial charge in [-0.3, -0.25) is 9.69 Å². The van der Waals surface area contributed by atoms with Crippen molar-refractivity contribution in [1.82, 2.24) is 9.80 Å². The largest absolute Gasteiger partial charge is 0.340 e. The van der Waals surface area contributed by atoms with Crippen molar-refractivity contribution in [2.75, 3.05) is 26.2 Å². The molecule has 118 valence electrons. The molecule has 1 atom stereocenters. The molecule has 2 rings (SSSR count). The minimum atomic E-state index is -0.415. The smallest absolute Gasteiger partial charge is 0.240 e. The van der Waals surface area contributed by atoms with Crippen LogP contribution in [0.25, 0.3) is 0 Å². The maximum Gasteiger partial charge on any atom is 0.240 e. The van der Waals surface area contributed by atoms with Crippen LogP contribution in [0.4, 0.5) is 0 Å². The van der Waals surface area contributed by atoms with Crippen molar-refractivity contribution in [3.05, 3.63) is 22.4 Å². The number of rotatable bonds is 3. The molecule has 0 saturated carbocycles. The van der Waals surface area contributed by atoms with E-state index < -0.39 is 6.04 Å². The quantitative estimate of drug-likeness (QED) is 0.931. The van der Waals surface area contributed by atoms with Gasteiger partial charge in [0.1, 0.15) is 0 Å². The van der Waals surface area contributed by atoms with E-state index in [9.17, 15) is 4.79 Å². The Morgan fingerprint density at radius 1 is 1.33 bits per heavy atom. The maximum absolute atomic E-state index is 12.5. The van der Waals surface area contributed by atoms with Crippen LogP contribution in [0.1, 0.15) is 32.1 Å². The number of hydrogen-bond acceptors (Lipinski definition) is 4. The van der Waals surface area contributed by atoms with Gasteiger partial charge in [-0.2, -0.15) is 0 Å². The van der Waals surface area contributed by atoms with Gasteiger partial charge in [-0.1, -0.05) is 26.8 Å². The predicted octanol–water partition coefficient (Wildman–Crippen LogP) is 2.16. The SMILES string of the molecule is CC(C)(C)[C@H](N)C(=O)N1CCCN(Cc2cccs2)CC1. The minimum absolute atomic E-state index is 0.0977. The molecule has 2 heterocycles. The molecule has 0 spiro atoms. The Bertz CT molecular complexity index is 453. The number of nitrogens with zero attached hydrogens (tertiary/aromatic N) is 2. The Morgan fingerprint density at radius 2 is 2.10 bits per heavy atom. The van der Waals surface area contributed by atoms with Gasteiger partial charge in [-0.15, -0.1) is 11.3 Å². The van der Waals surface area contributed by atoms with Gasteiger partial charge in [0.05, 0.1) is 6.04 Å². The lowest BCUT2D eigenvalue weighted by Gasteiger charge is -2.31. The van der Waals surface area contributed by atoms with Crippen molar-refractivity contribution >= 4 is 17.2 Å². The van der Waals surface area contributed by atoms with Gasteiger partial charge in [0.2, 0.25) is 5.91 Å². The maximum atomic E-state index is 12.5. The van der Waals surface area contributed by atoms with Crippen molar-refractivity contribution in [1.29, 1.82) is 0 Å². The summed E-state index contributed by atoms with van der Waals surface area (Å²) >= 11 is 1.80. The van der Waals surface area contributed by atoms with Gasteiger partial charge < -0.3 is 10.6 Å². The van der Waals surface area contributed by atoms with Gasteiger partial charge >= 0.3 is 0 Å². The van der Waals surface area contributed by atoms with E-state index >= 15 is 0 Å². The fraction of sp³-hybridized carbons (Fsp3) is 0.688. The third-order valence-corrected chi connectivity index (χ3v) is 4.92. The van der Waals surface area contributed by atoms with Crippen molar-refractivity contribution in [3.63, 3.8) is 0 Å². The van der Waals surface area contributed by atoms with E-state index in [-0.39, 0.29) is 11.3 Å². The molecule has 0 aromatic carbocycles. The van der Waals surface area contributed by atoms with E-state index in [0.717, 1.165) is 39.1 Å². The fourth-order valence-electron chi connectivity index (χ4n) is 2.54. The third-order valence-electron chi connectivity index (χ3n) is 4.06. The first-order valence-electron chi connectivity index (χ1n) is 7.67. The molecule has 4 nitrogen and oxygen atoms in total. The lowest BCUT2D eigenvalue weighted by atomic mass is 9.86. The fourth-order valence-corrected chi connectivity index (χ4v) is 3.29. The number of thiophene rings is 1. The molecule has 0 unspecified atom stereocenters. The van der Waals surface area contributed by atoms with E-state index in [1.807, 2.05) is 25.7 Å². The highest BCUT2D eigenvalue weighted by Gasteiger charge is 2.31. The molecule has 1 fully saturated rings. The van der Waals surface area contributed by atoms with Crippen molar-refractivity contribution in [2.45, 2.75) is 39.8 Å². The molecule has 0 radical (unpaired) electrons. The lowest BCUT2D eigenvalue weighted by Crippen LogP contribution is -2.51. The zero-order valence-electron chi connectivity index (χ0n) is 13.3. The molecule has 1 saturated heterocycles. The third kappa shape index (κ3) is 4.53. The van der Waals surface area contributed by atoms with Crippen molar-refractivity contribution < 1.29 is 4.79 Å². The van der Waals surface area contributed by atoms with Crippen LogP contribution in [0.3, 0.4) is 0 Å². The first kappa shape index (κ1) is 16.5. The average molecular weight is 309 g/mol. The molecule has 5 heteroatoms. The second-order valence-electron chi connectivity index (χ2n) is 6.88. The first-order valence-corrected chi connectivity index (χ1v) is 8.55. The monoisotopic (exact) mass is 309 g/mol. The normalized spacial score (nSPS) is 19.3. The summed E-state index contributed by atoms with van der Waals surface area (Å²) in [6.45, 7) is 10.7. The summed E-state index contributed by atoms with van der Waals surface area (Å²) < 4.78 is 0. The highest BCUT2D eigenvalue weighted by atomic mass is 32.1. The highest BCUT2D eigenvalue weighted by Crippen LogP contribution is 2.20. The summed E-state index contributed by atoms with van der Waals surface area (Å²) in [6, 6.07) is 3.85. The van der Waals surface area contributed by atoms with E-state index in [4.69, 9.17) is 5.73 Å². The Balaban J connectivity index is 1.90. The van der Waals surface area contributed by atoms with Crippen LogP contribution in [-0.4, -0.2) is 47.9 Å². The number of carbonyl (C=O) groups is 1. The van der Waals surface area contributed by atoms with E-state index in [0.29, 0.717) is 0 Å². The summed E-state index contributed by atoms with van der Waals surface area (Å²) in [4.78, 5) is 18.3. The zero-order chi connectivity index (χ0) is 15.5. The van der Waals surface area contributed by atoms with Crippen LogP contribution in [-0.2, 0) is 11.3 Å². The van der Waals surface area contributed by atoms with Gasteiger partial charge in [0, 0.05) is 37.6 Å². The van der Waals surface area contributed by atoms with Gasteiger partial charge in [-0.25, -0.2) is 0 Å². The standard InChI is InChI=1S/C16H27N3OS/c1-16(2,3)14(17)15(20)19-8-5-7-18(9-10-19)12-13-6-4-11-21-13/h4,6,11,14H,5,7-10,12,17H2,1-3H3/t14-/m1/s1. The number of nitrogens with two attached hydrogens (primary N) is 1. The van der Waals surface area contributed by atoms with Crippen LogP contribution in [0.5, 0.6) is 0 Å². The van der Waals surface area contributed by atoms with Crippen LogP contribution in [0.2, 0.25) is 0 Å². The Labute approximate surface area is 131 Å². The Kier molecular flexibility index (Phi) is 5.41. The molecular formula is C16H27N3OS. The van der Waals surface area contributed by atoms with Crippen LogP contribution in [0, 0.1) is 5.41 Å². The molecule has 21 heavy (non-hydrogen) atoms. The van der Waals surface area contributed by atoms with Gasteiger partial charge in [-0.05, 0) is 23.3 Å². The van der Waals surface area contributed by atoms with E-state index in [2.05, 4.69) is 22.4 Å². The molecule has 1 aromatic heterocycles. The molecule has 0 bridgehead atoms. The minimum Gasteiger partial charge on any atom is -0.340 e. The average Bonchev–Trinajstić information content (AvgIpc) is 2.81. The lowest BCUT2D eigenvalue weighted by molar-refractivity contribution is -0.134.